The van der Waals surface area contributed by atoms with Gasteiger partial charge in [-0.3, -0.25) is 52.7 Å². The Labute approximate surface area is 801 Å². The standard InChI is InChI=1S/C102H137N23O12/c1-69(59-92(126)71(3)106-97(131)25-12-11-15-51-124-66-78(115-117-124)23-13-16-48-121(9)54-45-105-96(130)27-19-56-135-81-38-41-84-89(63-81)113-99(110-84)75-32-34-76(35-33-75)100-111-86-43-40-83(65-91(86)114-100)137-58-22-47-120(7)8)101(132)107-72(4)93(127)60-70(2)102(133)123(68-94(103)128)50-20-52-125-67-79(116-118-125)24-14-17-49-122(10)53-44-104-95(129)26-18-55-134-80-37-36-77-61-87(108-88(77)62-80)73-28-30-74(31-29-73)98-109-85-42-39-82(64-90(85)112-98)136-57-21-46-119(5)6/h28-43,62-67,69-72H,11-27,44-61,68H2,1-10H3,(H2,103,128)(H,104,129)(H,105,130)(H,106,131)(H,107,132)(H,109,112)(H,110,113)(H,111,114)/t69-,70-,71+,72+/m0/s1. The van der Waals surface area contributed by atoms with Crippen molar-refractivity contribution in [2.75, 3.05) is 134 Å². The van der Waals surface area contributed by atoms with Crippen LogP contribution in [0, 0.1) is 11.8 Å². The van der Waals surface area contributed by atoms with Gasteiger partial charge in [-0.25, -0.2) is 15.0 Å². The quantitative estimate of drug-likeness (QED) is 0.0164. The first kappa shape index (κ1) is 103. The fourth-order valence-corrected chi connectivity index (χ4v) is 16.2. The zero-order chi connectivity index (χ0) is 97.1. The lowest BCUT2D eigenvalue weighted by Gasteiger charge is -2.25. The molecule has 9 N–H and O–H groups in total. The van der Waals surface area contributed by atoms with E-state index in [0.717, 1.165) is 215 Å². The molecule has 12 rings (SSSR count). The lowest BCUT2D eigenvalue weighted by molar-refractivity contribution is -0.140. The highest BCUT2D eigenvalue weighted by molar-refractivity contribution is 6.07. The van der Waals surface area contributed by atoms with E-state index in [1.165, 1.54) is 11.8 Å². The Hall–Kier alpha value is -13.1. The van der Waals surface area contributed by atoms with Gasteiger partial charge in [0.1, 0.15) is 40.5 Å². The van der Waals surface area contributed by atoms with Gasteiger partial charge in [0.15, 0.2) is 11.6 Å². The maximum Gasteiger partial charge on any atom is 0.237 e. The average Bonchev–Trinajstić information content (AvgIpc) is 1.62. The Balaban J connectivity index is 0.437. The minimum Gasteiger partial charge on any atom is -0.494 e. The number of benzene rings is 6. The molecule has 0 saturated heterocycles. The normalized spacial score (nSPS) is 12.9. The Bertz CT molecular complexity index is 5820. The van der Waals surface area contributed by atoms with Crippen molar-refractivity contribution in [3.63, 3.8) is 0 Å². The molecule has 4 atom stereocenters. The van der Waals surface area contributed by atoms with E-state index in [4.69, 9.17) is 44.6 Å². The van der Waals surface area contributed by atoms with Crippen molar-refractivity contribution in [1.82, 2.24) is 106 Å². The number of fused-ring (bicyclic) bond motifs is 4. The van der Waals surface area contributed by atoms with Gasteiger partial charge in [-0.1, -0.05) is 85.3 Å². The summed E-state index contributed by atoms with van der Waals surface area (Å²) in [4.78, 5) is 144. The number of aromatic amines is 3. The number of H-pyrrole nitrogens is 3. The molecule has 0 radical (unpaired) electrons. The minimum absolute atomic E-state index is 0.0132. The van der Waals surface area contributed by atoms with Gasteiger partial charge in [0.2, 0.25) is 35.4 Å². The zero-order valence-electron chi connectivity index (χ0n) is 81.2. The highest BCUT2D eigenvalue weighted by Crippen LogP contribution is 2.35. The SMILES string of the molecule is C[C@@H](CC(=O)[C@@H](C)NC(=O)CCCCCn1cc(CCCCN(C)CCNC(=O)CCCOc2ccc3[nH]c(-c4ccc(-c5nc6cc(OCCCN(C)C)ccc6[nH]5)cc4)nc3c2)nn1)C(=O)N[C@H](C)C(=O)C[C@H](C)C(=O)N(CCCn1cc(CCCCN(C)CCNC(=O)CCCOc2ccc3c(c2)N=C(c2ccc(-c4nc5cc(OCCCN(C)C)ccc5[nH]4)cc2)C3)nn1)CC(N)=O. The Morgan fingerprint density at radius 1 is 0.438 bits per heavy atom. The number of unbranched alkanes of at least 4 members (excludes halogenated alkanes) is 4. The van der Waals surface area contributed by atoms with Crippen LogP contribution in [0.5, 0.6) is 23.0 Å². The monoisotopic (exact) mass is 1880 g/mol. The molecule has 732 valence electrons. The summed E-state index contributed by atoms with van der Waals surface area (Å²) in [6.07, 6.45) is 15.9. The Morgan fingerprint density at radius 3 is 1.34 bits per heavy atom. The van der Waals surface area contributed by atoms with Crippen molar-refractivity contribution in [3.8, 4) is 57.2 Å². The molecule has 6 heterocycles. The fourth-order valence-electron chi connectivity index (χ4n) is 16.2. The average molecular weight is 1880 g/mol. The van der Waals surface area contributed by atoms with Gasteiger partial charge in [0.25, 0.3) is 0 Å². The Morgan fingerprint density at radius 2 is 0.869 bits per heavy atom. The molecule has 35 heteroatoms. The third kappa shape index (κ3) is 33.1. The van der Waals surface area contributed by atoms with Crippen LogP contribution in [-0.4, -0.2) is 283 Å². The molecule has 0 fully saturated rings. The van der Waals surface area contributed by atoms with Crippen molar-refractivity contribution < 1.29 is 57.3 Å². The van der Waals surface area contributed by atoms with Gasteiger partial charge < -0.3 is 85.4 Å². The van der Waals surface area contributed by atoms with E-state index in [1.807, 2.05) is 122 Å². The number of imidazole rings is 3. The summed E-state index contributed by atoms with van der Waals surface area (Å²) in [5.41, 5.74) is 19.6. The number of hydrogen-bond donors (Lipinski definition) is 8. The summed E-state index contributed by atoms with van der Waals surface area (Å²) >= 11 is 0. The number of aliphatic imine (C=N–C) groups is 1. The highest BCUT2D eigenvalue weighted by Gasteiger charge is 2.30. The summed E-state index contributed by atoms with van der Waals surface area (Å²) in [5, 5.41) is 28.8. The van der Waals surface area contributed by atoms with Crippen molar-refractivity contribution in [3.05, 3.63) is 156 Å². The van der Waals surface area contributed by atoms with Crippen molar-refractivity contribution in [2.45, 2.75) is 181 Å². The number of amides is 6. The maximum absolute atomic E-state index is 13.7. The molecule has 6 aromatic carbocycles. The van der Waals surface area contributed by atoms with Crippen LogP contribution in [0.3, 0.4) is 0 Å². The zero-order valence-corrected chi connectivity index (χ0v) is 81.2. The van der Waals surface area contributed by atoms with Gasteiger partial charge in [-0.15, -0.1) is 10.2 Å². The Kier molecular flexibility index (Phi) is 39.2. The van der Waals surface area contributed by atoms with E-state index in [1.54, 1.807) is 25.5 Å². The predicted octanol–water partition coefficient (Wildman–Crippen LogP) is 11.5. The molecular weight excluding hydrogens is 1740 g/mol. The molecule has 0 saturated carbocycles. The number of ketones is 2. The molecule has 5 aromatic heterocycles. The van der Waals surface area contributed by atoms with Gasteiger partial charge >= 0.3 is 0 Å². The van der Waals surface area contributed by atoms with Crippen LogP contribution in [0.25, 0.3) is 67.3 Å². The van der Waals surface area contributed by atoms with E-state index in [9.17, 15) is 38.4 Å². The predicted molar refractivity (Wildman–Crippen MR) is 530 cm³/mol. The van der Waals surface area contributed by atoms with Crippen LogP contribution in [0.4, 0.5) is 5.69 Å². The lowest BCUT2D eigenvalue weighted by atomic mass is 9.97. The molecular formula is C102H137N23O12. The van der Waals surface area contributed by atoms with Crippen molar-refractivity contribution in [1.29, 1.82) is 0 Å². The number of carbonyl (C=O) groups is 8. The molecule has 0 unspecified atom stereocenters. The third-order valence-corrected chi connectivity index (χ3v) is 24.2. The molecule has 1 aliphatic rings. The fraction of sp³-hybridized carbons (Fsp3) is 0.490. The summed E-state index contributed by atoms with van der Waals surface area (Å²) in [6, 6.07) is 38.3. The summed E-state index contributed by atoms with van der Waals surface area (Å²) < 4.78 is 27.6. The second kappa shape index (κ2) is 52.3. The number of aromatic nitrogens is 12. The number of nitrogens with zero attached hydrogens (tertiary/aromatic N) is 15. The molecule has 6 amide bonds. The maximum atomic E-state index is 13.7. The summed E-state index contributed by atoms with van der Waals surface area (Å²) in [7, 11) is 12.3. The smallest absolute Gasteiger partial charge is 0.237 e. The number of aryl methyl sites for hydroxylation is 4. The highest BCUT2D eigenvalue weighted by atomic mass is 16.5. The van der Waals surface area contributed by atoms with E-state index < -0.39 is 47.4 Å². The molecule has 11 aromatic rings. The number of Topliss-reactive ketones (excluding diaryl/α,β-unsaturated/α-hetero) is 2. The number of rotatable bonds is 62. The minimum atomic E-state index is -0.973. The molecule has 1 aliphatic heterocycles. The molecule has 35 nitrogen and oxygen atoms in total. The number of ether oxygens (including phenoxy) is 4. The van der Waals surface area contributed by atoms with Crippen LogP contribution in [0.15, 0.2) is 139 Å². The number of carbonyl (C=O) groups excluding carboxylic acids is 8. The van der Waals surface area contributed by atoms with Crippen molar-refractivity contribution in [2.24, 2.45) is 22.6 Å². The number of likely N-dealkylation sites (N-methyl/N-ethyl adjacent to an activating group) is 2. The van der Waals surface area contributed by atoms with Crippen LogP contribution < -0.4 is 45.9 Å². The van der Waals surface area contributed by atoms with Crippen LogP contribution in [0.1, 0.15) is 159 Å². The second-order valence-corrected chi connectivity index (χ2v) is 36.6. The van der Waals surface area contributed by atoms with E-state index in [-0.39, 0.29) is 55.9 Å². The molecule has 0 aliphatic carbocycles. The number of hydrogen-bond acceptors (Lipinski definition) is 24. The first-order valence-electron chi connectivity index (χ1n) is 48.3. The molecule has 0 spiro atoms. The number of primary amides is 1. The van der Waals surface area contributed by atoms with Gasteiger partial charge in [-0.2, -0.15) is 0 Å². The van der Waals surface area contributed by atoms with E-state index >= 15 is 0 Å². The van der Waals surface area contributed by atoms with E-state index in [0.29, 0.717) is 110 Å². The van der Waals surface area contributed by atoms with Crippen LogP contribution in [-0.2, 0) is 70.7 Å². The summed E-state index contributed by atoms with van der Waals surface area (Å²) in [6.45, 7) is 15.4. The van der Waals surface area contributed by atoms with Gasteiger partial charge in [0.05, 0.1) is 101 Å². The third-order valence-electron chi connectivity index (χ3n) is 24.2. The largest absolute Gasteiger partial charge is 0.494 e. The molecule has 137 heavy (non-hydrogen) atoms. The van der Waals surface area contributed by atoms with Gasteiger partial charge in [0, 0.05) is 163 Å². The number of nitrogens with one attached hydrogen (secondary N) is 7. The number of nitrogens with two attached hydrogens (primary N) is 1. The van der Waals surface area contributed by atoms with Crippen LogP contribution in [0.2, 0.25) is 0 Å². The topological polar surface area (TPSA) is 424 Å². The molecule has 0 bridgehead atoms. The lowest BCUT2D eigenvalue weighted by Crippen LogP contribution is -2.45. The second-order valence-electron chi connectivity index (χ2n) is 36.6. The van der Waals surface area contributed by atoms with Crippen molar-refractivity contribution >= 4 is 91.5 Å². The first-order chi connectivity index (χ1) is 66.1. The van der Waals surface area contributed by atoms with Crippen LogP contribution >= 0.6 is 0 Å². The first-order valence-corrected chi connectivity index (χ1v) is 48.3. The summed E-state index contributed by atoms with van der Waals surface area (Å²) in [5.74, 6) is 1.01. The van der Waals surface area contributed by atoms with E-state index in [2.05, 4.69) is 135 Å². The van der Waals surface area contributed by atoms with Gasteiger partial charge in [-0.05, 0) is 206 Å².